The number of carboxylic acid groups (broad SMARTS) is 1. The average Bonchev–Trinajstić information content (AvgIpc) is 2.38. The van der Waals surface area contributed by atoms with Crippen molar-refractivity contribution in [2.75, 3.05) is 19.0 Å². The number of hydrogen-bond donors (Lipinski definition) is 3. The van der Waals surface area contributed by atoms with E-state index in [2.05, 4.69) is 10.6 Å². The third kappa shape index (κ3) is 4.51. The van der Waals surface area contributed by atoms with Crippen LogP contribution in [0.15, 0.2) is 18.2 Å². The molecule has 0 aliphatic carbocycles. The summed E-state index contributed by atoms with van der Waals surface area (Å²) in [7, 11) is 1.53. The lowest BCUT2D eigenvalue weighted by molar-refractivity contribution is 0.0257. The molecule has 7 heteroatoms. The molecule has 2 amide bonds. The highest BCUT2D eigenvalue weighted by atomic mass is 19.1. The van der Waals surface area contributed by atoms with Crippen LogP contribution in [0.4, 0.5) is 14.9 Å². The monoisotopic (exact) mass is 284 g/mol. The van der Waals surface area contributed by atoms with Crippen molar-refractivity contribution in [1.29, 1.82) is 0 Å². The minimum absolute atomic E-state index is 0.191. The number of anilines is 1. The van der Waals surface area contributed by atoms with Gasteiger partial charge in [0.15, 0.2) is 0 Å². The van der Waals surface area contributed by atoms with Gasteiger partial charge >= 0.3 is 12.0 Å². The van der Waals surface area contributed by atoms with Crippen molar-refractivity contribution in [1.82, 2.24) is 5.32 Å². The SMILES string of the molecule is COC(C)(C)CNC(=O)Nc1ccc(F)c(C(=O)O)c1. The fraction of sp³-hybridized carbons (Fsp3) is 0.385. The van der Waals surface area contributed by atoms with E-state index in [-0.39, 0.29) is 12.2 Å². The number of urea groups is 1. The van der Waals surface area contributed by atoms with Crippen LogP contribution in [-0.4, -0.2) is 36.4 Å². The van der Waals surface area contributed by atoms with Gasteiger partial charge in [0.2, 0.25) is 0 Å². The number of carbonyl (C=O) groups excluding carboxylic acids is 1. The van der Waals surface area contributed by atoms with Crippen LogP contribution in [-0.2, 0) is 4.74 Å². The Hall–Kier alpha value is -2.15. The van der Waals surface area contributed by atoms with Crippen molar-refractivity contribution in [3.05, 3.63) is 29.6 Å². The van der Waals surface area contributed by atoms with Gasteiger partial charge < -0.3 is 20.5 Å². The van der Waals surface area contributed by atoms with Crippen molar-refractivity contribution >= 4 is 17.7 Å². The number of hydrogen-bond acceptors (Lipinski definition) is 3. The van der Waals surface area contributed by atoms with E-state index in [0.717, 1.165) is 12.1 Å². The molecule has 6 nitrogen and oxygen atoms in total. The second kappa shape index (κ2) is 6.33. The number of nitrogens with one attached hydrogen (secondary N) is 2. The van der Waals surface area contributed by atoms with Crippen LogP contribution in [0.3, 0.4) is 0 Å². The summed E-state index contributed by atoms with van der Waals surface area (Å²) in [5.41, 5.74) is -0.830. The lowest BCUT2D eigenvalue weighted by Gasteiger charge is -2.23. The number of benzene rings is 1. The molecule has 20 heavy (non-hydrogen) atoms. The second-order valence-electron chi connectivity index (χ2n) is 4.77. The lowest BCUT2D eigenvalue weighted by Crippen LogP contribution is -2.41. The molecule has 0 heterocycles. The summed E-state index contributed by atoms with van der Waals surface area (Å²) in [6.45, 7) is 3.86. The number of carbonyl (C=O) groups is 2. The molecule has 1 aromatic rings. The highest BCUT2D eigenvalue weighted by Gasteiger charge is 2.17. The predicted octanol–water partition coefficient (Wildman–Crippen LogP) is 2.07. The predicted molar refractivity (Wildman–Crippen MR) is 71.5 cm³/mol. The second-order valence-corrected chi connectivity index (χ2v) is 4.77. The van der Waals surface area contributed by atoms with E-state index in [1.165, 1.54) is 13.2 Å². The van der Waals surface area contributed by atoms with Gasteiger partial charge in [0.25, 0.3) is 0 Å². The summed E-state index contributed by atoms with van der Waals surface area (Å²) in [5, 5.41) is 13.8. The smallest absolute Gasteiger partial charge is 0.338 e. The molecule has 0 aromatic heterocycles. The first-order chi connectivity index (χ1) is 9.25. The average molecular weight is 284 g/mol. The maximum Gasteiger partial charge on any atom is 0.338 e. The normalized spacial score (nSPS) is 11.0. The molecule has 1 aromatic carbocycles. The number of aromatic carboxylic acids is 1. The summed E-state index contributed by atoms with van der Waals surface area (Å²) in [4.78, 5) is 22.4. The highest BCUT2D eigenvalue weighted by molar-refractivity contribution is 5.93. The topological polar surface area (TPSA) is 87.7 Å². The Morgan fingerprint density at radius 1 is 1.40 bits per heavy atom. The quantitative estimate of drug-likeness (QED) is 0.772. The Morgan fingerprint density at radius 3 is 2.60 bits per heavy atom. The molecule has 0 aliphatic heterocycles. The zero-order chi connectivity index (χ0) is 15.3. The molecule has 0 aliphatic rings. The Balaban J connectivity index is 2.67. The molecule has 0 bridgehead atoms. The van der Waals surface area contributed by atoms with Crippen molar-refractivity contribution in [3.8, 4) is 0 Å². The Morgan fingerprint density at radius 2 is 2.05 bits per heavy atom. The Kier molecular flexibility index (Phi) is 5.04. The van der Waals surface area contributed by atoms with Gasteiger partial charge in [0.05, 0.1) is 11.2 Å². The van der Waals surface area contributed by atoms with Crippen LogP contribution >= 0.6 is 0 Å². The van der Waals surface area contributed by atoms with Gasteiger partial charge in [-0.3, -0.25) is 0 Å². The first-order valence-corrected chi connectivity index (χ1v) is 5.88. The van der Waals surface area contributed by atoms with Gasteiger partial charge in [0, 0.05) is 19.3 Å². The lowest BCUT2D eigenvalue weighted by atomic mass is 10.1. The van der Waals surface area contributed by atoms with Crippen molar-refractivity contribution in [2.24, 2.45) is 0 Å². The summed E-state index contributed by atoms with van der Waals surface area (Å²) in [5.74, 6) is -2.25. The molecule has 3 N–H and O–H groups in total. The van der Waals surface area contributed by atoms with Crippen LogP contribution in [0.1, 0.15) is 24.2 Å². The van der Waals surface area contributed by atoms with Crippen LogP contribution < -0.4 is 10.6 Å². The third-order valence-electron chi connectivity index (χ3n) is 2.68. The van der Waals surface area contributed by atoms with E-state index in [1.54, 1.807) is 13.8 Å². The van der Waals surface area contributed by atoms with E-state index in [9.17, 15) is 14.0 Å². The molecule has 110 valence electrons. The zero-order valence-corrected chi connectivity index (χ0v) is 11.5. The van der Waals surface area contributed by atoms with E-state index in [0.29, 0.717) is 0 Å². The molecular weight excluding hydrogens is 267 g/mol. The van der Waals surface area contributed by atoms with Gasteiger partial charge in [0.1, 0.15) is 5.82 Å². The summed E-state index contributed by atoms with van der Waals surface area (Å²) in [6, 6.07) is 2.79. The van der Waals surface area contributed by atoms with Gasteiger partial charge in [-0.05, 0) is 32.0 Å². The number of methoxy groups -OCH3 is 1. The van der Waals surface area contributed by atoms with Crippen LogP contribution in [0.5, 0.6) is 0 Å². The van der Waals surface area contributed by atoms with E-state index in [1.807, 2.05) is 0 Å². The first-order valence-electron chi connectivity index (χ1n) is 5.88. The Bertz CT molecular complexity index is 517. The van der Waals surface area contributed by atoms with Crippen molar-refractivity contribution in [2.45, 2.75) is 19.4 Å². The summed E-state index contributed by atoms with van der Waals surface area (Å²) >= 11 is 0. The third-order valence-corrected chi connectivity index (χ3v) is 2.68. The standard InChI is InChI=1S/C13H17FN2O4/c1-13(2,20-3)7-15-12(19)16-8-4-5-10(14)9(6-8)11(17)18/h4-6H,7H2,1-3H3,(H,17,18)(H2,15,16,19). The molecule has 0 spiro atoms. The maximum atomic E-state index is 13.2. The van der Waals surface area contributed by atoms with Gasteiger partial charge in [-0.1, -0.05) is 0 Å². The van der Waals surface area contributed by atoms with Crippen molar-refractivity contribution in [3.63, 3.8) is 0 Å². The van der Waals surface area contributed by atoms with E-state index in [4.69, 9.17) is 9.84 Å². The minimum atomic E-state index is -1.40. The van der Waals surface area contributed by atoms with Crippen LogP contribution in [0.25, 0.3) is 0 Å². The number of carboxylic acids is 1. The molecule has 0 saturated carbocycles. The molecule has 0 radical (unpaired) electrons. The number of amides is 2. The maximum absolute atomic E-state index is 13.2. The molecule has 0 unspecified atom stereocenters. The molecular formula is C13H17FN2O4. The van der Waals surface area contributed by atoms with E-state index >= 15 is 0 Å². The first kappa shape index (κ1) is 15.9. The number of rotatable bonds is 5. The number of halogens is 1. The Labute approximate surface area is 115 Å². The highest BCUT2D eigenvalue weighted by Crippen LogP contribution is 2.15. The summed E-state index contributed by atoms with van der Waals surface area (Å²) in [6.07, 6.45) is 0. The molecule has 0 fully saturated rings. The molecule has 0 atom stereocenters. The number of ether oxygens (including phenoxy) is 1. The summed E-state index contributed by atoms with van der Waals surface area (Å²) < 4.78 is 18.3. The largest absolute Gasteiger partial charge is 0.478 e. The van der Waals surface area contributed by atoms with Crippen LogP contribution in [0.2, 0.25) is 0 Å². The van der Waals surface area contributed by atoms with E-state index < -0.39 is 29.0 Å². The van der Waals surface area contributed by atoms with Crippen molar-refractivity contribution < 1.29 is 23.8 Å². The fourth-order valence-electron chi connectivity index (χ4n) is 1.31. The molecule has 0 saturated heterocycles. The van der Waals surface area contributed by atoms with Gasteiger partial charge in [-0.2, -0.15) is 0 Å². The fourth-order valence-corrected chi connectivity index (χ4v) is 1.31. The van der Waals surface area contributed by atoms with Gasteiger partial charge in [-0.25, -0.2) is 14.0 Å². The van der Waals surface area contributed by atoms with Crippen LogP contribution in [0, 0.1) is 5.82 Å². The minimum Gasteiger partial charge on any atom is -0.478 e. The van der Waals surface area contributed by atoms with Gasteiger partial charge in [-0.15, -0.1) is 0 Å². The zero-order valence-electron chi connectivity index (χ0n) is 11.5. The molecule has 1 rings (SSSR count).